The number of hydrogen-bond donors (Lipinski definition) is 0. The fourth-order valence-electron chi connectivity index (χ4n) is 2.61. The summed E-state index contributed by atoms with van der Waals surface area (Å²) in [5.74, 6) is 1.42. The minimum absolute atomic E-state index is 0.372. The number of rotatable bonds is 7. The molecule has 1 aromatic heterocycles. The molecule has 1 heterocycles. The van der Waals surface area contributed by atoms with Gasteiger partial charge in [0.25, 0.3) is 4.84 Å². The summed E-state index contributed by atoms with van der Waals surface area (Å²) >= 11 is 11.2. The molecule has 0 bridgehead atoms. The summed E-state index contributed by atoms with van der Waals surface area (Å²) in [5, 5.41) is 5.23. The van der Waals surface area contributed by atoms with Gasteiger partial charge in [-0.05, 0) is 54.7 Å². The predicted octanol–water partition coefficient (Wildman–Crippen LogP) is 4.55. The van der Waals surface area contributed by atoms with E-state index in [0.717, 1.165) is 22.9 Å². The Morgan fingerprint density at radius 3 is 2.42 bits per heavy atom. The monoisotopic (exact) mass is 389 g/mol. The van der Waals surface area contributed by atoms with Crippen LogP contribution in [0, 0.1) is 4.84 Å². The molecule has 0 aliphatic rings. The van der Waals surface area contributed by atoms with Crippen molar-refractivity contribution in [2.75, 3.05) is 14.2 Å². The Morgan fingerprint density at radius 1 is 1.12 bits per heavy atom. The highest BCUT2D eigenvalue weighted by atomic mass is 35.5. The minimum atomic E-state index is 0.372. The lowest BCUT2D eigenvalue weighted by Crippen LogP contribution is -2.22. The highest BCUT2D eigenvalue weighted by Gasteiger charge is 2.09. The molecular weight excluding hydrogens is 370 g/mol. The van der Waals surface area contributed by atoms with Crippen molar-refractivity contribution >= 4 is 23.8 Å². The van der Waals surface area contributed by atoms with E-state index in [2.05, 4.69) is 10.00 Å². The van der Waals surface area contributed by atoms with Crippen molar-refractivity contribution in [2.24, 2.45) is 0 Å². The Morgan fingerprint density at radius 2 is 1.77 bits per heavy atom. The second-order valence-electron chi connectivity index (χ2n) is 6.07. The first-order chi connectivity index (χ1) is 12.5. The molecule has 0 aliphatic carbocycles. The molecule has 0 saturated heterocycles. The molecule has 0 atom stereocenters. The molecule has 0 fully saturated rings. The zero-order valence-electron chi connectivity index (χ0n) is 14.7. The van der Waals surface area contributed by atoms with Crippen molar-refractivity contribution in [3.8, 4) is 5.75 Å². The Kier molecular flexibility index (Phi) is 6.08. The fraction of sp³-hybridized carbons (Fsp3) is 0.263. The molecule has 0 spiro atoms. The summed E-state index contributed by atoms with van der Waals surface area (Å²) < 4.78 is 12.5. The van der Waals surface area contributed by atoms with Gasteiger partial charge in [0.2, 0.25) is 5.89 Å². The maximum absolute atomic E-state index is 5.92. The van der Waals surface area contributed by atoms with Crippen LogP contribution in [0.15, 0.2) is 52.9 Å². The van der Waals surface area contributed by atoms with Gasteiger partial charge in [0, 0.05) is 11.6 Å². The molecule has 2 aromatic carbocycles. The van der Waals surface area contributed by atoms with Gasteiger partial charge in [0.1, 0.15) is 5.75 Å². The lowest BCUT2D eigenvalue weighted by atomic mass is 10.1. The van der Waals surface area contributed by atoms with Crippen LogP contribution in [0.1, 0.15) is 17.0 Å². The van der Waals surface area contributed by atoms with Crippen molar-refractivity contribution in [3.05, 3.63) is 75.4 Å². The van der Waals surface area contributed by atoms with Crippen molar-refractivity contribution in [2.45, 2.75) is 19.6 Å². The van der Waals surface area contributed by atoms with Gasteiger partial charge in [-0.15, -0.1) is 5.10 Å². The van der Waals surface area contributed by atoms with Crippen LogP contribution in [0.5, 0.6) is 5.75 Å². The van der Waals surface area contributed by atoms with E-state index < -0.39 is 0 Å². The first kappa shape index (κ1) is 18.6. The van der Waals surface area contributed by atoms with Crippen LogP contribution in [0.3, 0.4) is 0 Å². The van der Waals surface area contributed by atoms with Crippen LogP contribution in [0.4, 0.5) is 0 Å². The van der Waals surface area contributed by atoms with E-state index in [4.69, 9.17) is 33.0 Å². The molecular formula is C19H20ClN3O2S. The second kappa shape index (κ2) is 8.49. The number of ether oxygens (including phenoxy) is 1. The molecule has 0 aliphatic heterocycles. The standard InChI is InChI=1S/C19H20ClN3O2S/c1-22(12-15-3-7-16(20)8-4-15)13-23-19(26)25-18(21-23)11-14-5-9-17(24-2)10-6-14/h3-10H,11-13H2,1-2H3. The average molecular weight is 390 g/mol. The van der Waals surface area contributed by atoms with E-state index in [-0.39, 0.29) is 0 Å². The summed E-state index contributed by atoms with van der Waals surface area (Å²) in [6.07, 6.45) is 0.585. The molecule has 0 amide bonds. The van der Waals surface area contributed by atoms with E-state index in [1.165, 1.54) is 5.56 Å². The van der Waals surface area contributed by atoms with E-state index >= 15 is 0 Å². The number of methoxy groups -OCH3 is 1. The number of benzene rings is 2. The quantitative estimate of drug-likeness (QED) is 0.555. The zero-order valence-corrected chi connectivity index (χ0v) is 16.3. The van der Waals surface area contributed by atoms with E-state index in [1.54, 1.807) is 11.8 Å². The molecule has 0 unspecified atom stereocenters. The summed E-state index contributed by atoms with van der Waals surface area (Å²) in [4.78, 5) is 2.48. The highest BCUT2D eigenvalue weighted by molar-refractivity contribution is 7.71. The molecule has 0 radical (unpaired) electrons. The number of nitrogens with zero attached hydrogens (tertiary/aromatic N) is 3. The van der Waals surface area contributed by atoms with Crippen LogP contribution < -0.4 is 4.74 Å². The maximum Gasteiger partial charge on any atom is 0.288 e. The van der Waals surface area contributed by atoms with Gasteiger partial charge in [-0.2, -0.15) is 0 Å². The molecule has 0 N–H and O–H groups in total. The van der Waals surface area contributed by atoms with Gasteiger partial charge in [-0.3, -0.25) is 4.90 Å². The third-order valence-electron chi connectivity index (χ3n) is 3.90. The van der Waals surface area contributed by atoms with Gasteiger partial charge in [-0.1, -0.05) is 35.9 Å². The van der Waals surface area contributed by atoms with Crippen LogP contribution in [-0.4, -0.2) is 28.8 Å². The lowest BCUT2D eigenvalue weighted by molar-refractivity contribution is 0.240. The molecule has 7 heteroatoms. The van der Waals surface area contributed by atoms with Crippen LogP contribution in [0.2, 0.25) is 5.02 Å². The summed E-state index contributed by atoms with van der Waals surface area (Å²) in [7, 11) is 3.66. The second-order valence-corrected chi connectivity index (χ2v) is 6.85. The van der Waals surface area contributed by atoms with Crippen LogP contribution >= 0.6 is 23.8 Å². The summed E-state index contributed by atoms with van der Waals surface area (Å²) in [6.45, 7) is 1.31. The Labute approximate surface area is 162 Å². The average Bonchev–Trinajstić information content (AvgIpc) is 2.96. The van der Waals surface area contributed by atoms with Gasteiger partial charge < -0.3 is 9.15 Å². The third-order valence-corrected chi connectivity index (χ3v) is 4.45. The summed E-state index contributed by atoms with van der Waals surface area (Å²) in [6, 6.07) is 15.6. The van der Waals surface area contributed by atoms with Crippen LogP contribution in [0.25, 0.3) is 0 Å². The van der Waals surface area contributed by atoms with Crippen molar-refractivity contribution in [3.63, 3.8) is 0 Å². The topological polar surface area (TPSA) is 43.4 Å². The Balaban J connectivity index is 1.63. The van der Waals surface area contributed by atoms with Crippen molar-refractivity contribution in [1.29, 1.82) is 0 Å². The van der Waals surface area contributed by atoms with Crippen LogP contribution in [-0.2, 0) is 19.6 Å². The normalized spacial score (nSPS) is 11.1. The van der Waals surface area contributed by atoms with Gasteiger partial charge >= 0.3 is 0 Å². The SMILES string of the molecule is COc1ccc(Cc2nn(CN(C)Cc3ccc(Cl)cc3)c(=S)o2)cc1. The zero-order chi connectivity index (χ0) is 18.5. The van der Waals surface area contributed by atoms with Gasteiger partial charge in [0.15, 0.2) is 0 Å². The smallest absolute Gasteiger partial charge is 0.288 e. The van der Waals surface area contributed by atoms with Gasteiger partial charge in [-0.25, -0.2) is 4.68 Å². The first-order valence-corrected chi connectivity index (χ1v) is 8.95. The third kappa shape index (κ3) is 4.94. The Hall–Kier alpha value is -2.15. The molecule has 5 nitrogen and oxygen atoms in total. The fourth-order valence-corrected chi connectivity index (χ4v) is 2.93. The largest absolute Gasteiger partial charge is 0.497 e. The minimum Gasteiger partial charge on any atom is -0.497 e. The first-order valence-electron chi connectivity index (χ1n) is 8.16. The molecule has 0 saturated carbocycles. The van der Waals surface area contributed by atoms with E-state index in [0.29, 0.717) is 23.8 Å². The molecule has 3 aromatic rings. The number of halogens is 1. The Bertz CT molecular complexity index is 904. The molecule has 26 heavy (non-hydrogen) atoms. The predicted molar refractivity (Wildman–Crippen MR) is 104 cm³/mol. The van der Waals surface area contributed by atoms with Crippen molar-refractivity contribution in [1.82, 2.24) is 14.7 Å². The van der Waals surface area contributed by atoms with E-state index in [1.807, 2.05) is 55.6 Å². The lowest BCUT2D eigenvalue weighted by Gasteiger charge is -2.15. The number of aromatic nitrogens is 2. The number of hydrogen-bond acceptors (Lipinski definition) is 5. The molecule has 3 rings (SSSR count). The van der Waals surface area contributed by atoms with E-state index in [9.17, 15) is 0 Å². The molecule has 136 valence electrons. The van der Waals surface area contributed by atoms with Crippen molar-refractivity contribution < 1.29 is 9.15 Å². The summed E-state index contributed by atoms with van der Waals surface area (Å²) in [5.41, 5.74) is 2.26. The van der Waals surface area contributed by atoms with Gasteiger partial charge in [0.05, 0.1) is 20.2 Å². The maximum atomic E-state index is 5.92. The highest BCUT2D eigenvalue weighted by Crippen LogP contribution is 2.15.